The molecule has 2 rings (SSSR count). The summed E-state index contributed by atoms with van der Waals surface area (Å²) in [4.78, 5) is 12.0. The lowest BCUT2D eigenvalue weighted by molar-refractivity contribution is -0.117. The molecule has 1 atom stereocenters. The number of amides is 1. The maximum Gasteiger partial charge on any atom is 0.241 e. The Labute approximate surface area is 132 Å². The van der Waals surface area contributed by atoms with Gasteiger partial charge in [-0.15, -0.1) is 0 Å². The van der Waals surface area contributed by atoms with Crippen LogP contribution < -0.4 is 11.1 Å². The van der Waals surface area contributed by atoms with Gasteiger partial charge in [0.2, 0.25) is 5.91 Å². The zero-order valence-corrected chi connectivity index (χ0v) is 13.3. The summed E-state index contributed by atoms with van der Waals surface area (Å²) >= 11 is 0. The zero-order valence-electron chi connectivity index (χ0n) is 13.3. The van der Waals surface area contributed by atoms with E-state index in [1.165, 1.54) is 16.7 Å². The van der Waals surface area contributed by atoms with Crippen molar-refractivity contribution in [2.24, 2.45) is 5.73 Å². The molecular weight excluding hydrogens is 272 g/mol. The Hall–Kier alpha value is -2.13. The number of carbonyl (C=O) groups is 1. The molecule has 0 aliphatic rings. The Morgan fingerprint density at radius 3 is 2.36 bits per heavy atom. The van der Waals surface area contributed by atoms with Gasteiger partial charge in [-0.05, 0) is 50.8 Å². The molecule has 22 heavy (non-hydrogen) atoms. The highest BCUT2D eigenvalue weighted by Gasteiger charge is 2.13. The van der Waals surface area contributed by atoms with Crippen LogP contribution >= 0.6 is 0 Å². The summed E-state index contributed by atoms with van der Waals surface area (Å²) in [5.74, 6) is -0.119. The van der Waals surface area contributed by atoms with Crippen LogP contribution in [0.25, 0.3) is 0 Å². The monoisotopic (exact) mass is 296 g/mol. The molecule has 0 bridgehead atoms. The predicted octanol–water partition coefficient (Wildman–Crippen LogP) is 3.59. The lowest BCUT2D eigenvalue weighted by Gasteiger charge is -2.12. The van der Waals surface area contributed by atoms with E-state index in [2.05, 4.69) is 37.4 Å². The molecule has 0 radical (unpaired) electrons. The summed E-state index contributed by atoms with van der Waals surface area (Å²) in [7, 11) is 0. The number of para-hydroxylation sites is 1. The SMILES string of the molecule is Cc1cc(C)cc(CCCC(N)C(=O)Nc2ccccc2)c1. The molecule has 3 heteroatoms. The minimum absolute atomic E-state index is 0.119. The molecule has 0 saturated carbocycles. The van der Waals surface area contributed by atoms with Crippen molar-refractivity contribution in [2.75, 3.05) is 5.32 Å². The Balaban J connectivity index is 1.79. The molecule has 116 valence electrons. The topological polar surface area (TPSA) is 55.1 Å². The smallest absolute Gasteiger partial charge is 0.241 e. The van der Waals surface area contributed by atoms with Crippen LogP contribution in [0.15, 0.2) is 48.5 Å². The molecule has 0 fully saturated rings. The van der Waals surface area contributed by atoms with Crippen molar-refractivity contribution in [1.29, 1.82) is 0 Å². The van der Waals surface area contributed by atoms with E-state index in [1.807, 2.05) is 30.3 Å². The largest absolute Gasteiger partial charge is 0.325 e. The van der Waals surface area contributed by atoms with E-state index in [0.717, 1.165) is 18.5 Å². The van der Waals surface area contributed by atoms with Crippen molar-refractivity contribution in [3.8, 4) is 0 Å². The molecule has 2 aromatic rings. The maximum atomic E-state index is 12.0. The summed E-state index contributed by atoms with van der Waals surface area (Å²) in [6, 6.07) is 15.5. The third-order valence-corrected chi connectivity index (χ3v) is 3.64. The van der Waals surface area contributed by atoms with Crippen molar-refractivity contribution in [3.63, 3.8) is 0 Å². The average molecular weight is 296 g/mol. The standard InChI is InChI=1S/C19H24N2O/c1-14-11-15(2)13-16(12-14)7-6-10-18(20)19(22)21-17-8-4-3-5-9-17/h3-5,8-9,11-13,18H,6-7,10,20H2,1-2H3,(H,21,22). The lowest BCUT2D eigenvalue weighted by atomic mass is 10.0. The average Bonchev–Trinajstić information content (AvgIpc) is 2.47. The van der Waals surface area contributed by atoms with Crippen molar-refractivity contribution < 1.29 is 4.79 Å². The van der Waals surface area contributed by atoms with Gasteiger partial charge < -0.3 is 11.1 Å². The van der Waals surface area contributed by atoms with Crippen LogP contribution in [0, 0.1) is 13.8 Å². The first-order valence-electron chi connectivity index (χ1n) is 7.73. The van der Waals surface area contributed by atoms with Gasteiger partial charge in [-0.3, -0.25) is 4.79 Å². The van der Waals surface area contributed by atoms with Gasteiger partial charge >= 0.3 is 0 Å². The number of carbonyl (C=O) groups excluding carboxylic acids is 1. The van der Waals surface area contributed by atoms with Crippen molar-refractivity contribution in [2.45, 2.75) is 39.2 Å². The fraction of sp³-hybridized carbons (Fsp3) is 0.316. The highest BCUT2D eigenvalue weighted by molar-refractivity contribution is 5.94. The fourth-order valence-electron chi connectivity index (χ4n) is 2.63. The predicted molar refractivity (Wildman–Crippen MR) is 91.9 cm³/mol. The van der Waals surface area contributed by atoms with Crippen LogP contribution in [0.2, 0.25) is 0 Å². The second kappa shape index (κ2) is 7.76. The Morgan fingerprint density at radius 2 is 1.73 bits per heavy atom. The number of hydrogen-bond acceptors (Lipinski definition) is 2. The number of benzene rings is 2. The van der Waals surface area contributed by atoms with E-state index in [9.17, 15) is 4.79 Å². The first kappa shape index (κ1) is 16.2. The minimum atomic E-state index is -0.467. The molecule has 3 N–H and O–H groups in total. The van der Waals surface area contributed by atoms with Gasteiger partial charge in [0.05, 0.1) is 6.04 Å². The summed E-state index contributed by atoms with van der Waals surface area (Å²) < 4.78 is 0. The van der Waals surface area contributed by atoms with Gasteiger partial charge in [0.25, 0.3) is 0 Å². The van der Waals surface area contributed by atoms with Gasteiger partial charge in [0.15, 0.2) is 0 Å². The van der Waals surface area contributed by atoms with Crippen LogP contribution in [0.5, 0.6) is 0 Å². The minimum Gasteiger partial charge on any atom is -0.325 e. The van der Waals surface area contributed by atoms with Crippen LogP contribution in [0.1, 0.15) is 29.5 Å². The highest BCUT2D eigenvalue weighted by atomic mass is 16.2. The third kappa shape index (κ3) is 5.01. The van der Waals surface area contributed by atoms with E-state index in [0.29, 0.717) is 6.42 Å². The first-order valence-corrected chi connectivity index (χ1v) is 7.73. The van der Waals surface area contributed by atoms with Gasteiger partial charge in [0, 0.05) is 5.69 Å². The van der Waals surface area contributed by atoms with Gasteiger partial charge in [-0.1, -0.05) is 47.5 Å². The van der Waals surface area contributed by atoms with E-state index < -0.39 is 6.04 Å². The van der Waals surface area contributed by atoms with Gasteiger partial charge in [0.1, 0.15) is 0 Å². The second-order valence-corrected chi connectivity index (χ2v) is 5.85. The van der Waals surface area contributed by atoms with Crippen molar-refractivity contribution in [3.05, 3.63) is 65.2 Å². The van der Waals surface area contributed by atoms with Crippen LogP contribution in [-0.4, -0.2) is 11.9 Å². The van der Waals surface area contributed by atoms with E-state index >= 15 is 0 Å². The highest BCUT2D eigenvalue weighted by Crippen LogP contribution is 2.13. The summed E-state index contributed by atoms with van der Waals surface area (Å²) in [5, 5.41) is 2.84. The molecule has 0 aliphatic carbocycles. The molecule has 0 heterocycles. The van der Waals surface area contributed by atoms with Crippen LogP contribution in [0.3, 0.4) is 0 Å². The molecule has 0 aliphatic heterocycles. The van der Waals surface area contributed by atoms with Crippen LogP contribution in [-0.2, 0) is 11.2 Å². The number of aryl methyl sites for hydroxylation is 3. The number of anilines is 1. The summed E-state index contributed by atoms with van der Waals surface area (Å²) in [6.07, 6.45) is 2.55. The number of rotatable bonds is 6. The normalized spacial score (nSPS) is 12.0. The molecule has 1 unspecified atom stereocenters. The van der Waals surface area contributed by atoms with Crippen LogP contribution in [0.4, 0.5) is 5.69 Å². The van der Waals surface area contributed by atoms with Crippen molar-refractivity contribution in [1.82, 2.24) is 0 Å². The number of nitrogens with two attached hydrogens (primary N) is 1. The molecule has 2 aromatic carbocycles. The van der Waals surface area contributed by atoms with Gasteiger partial charge in [-0.2, -0.15) is 0 Å². The summed E-state index contributed by atoms with van der Waals surface area (Å²) in [5.41, 5.74) is 10.6. The number of hydrogen-bond donors (Lipinski definition) is 2. The Morgan fingerprint density at radius 1 is 1.09 bits per heavy atom. The Bertz CT molecular complexity index is 602. The van der Waals surface area contributed by atoms with E-state index in [-0.39, 0.29) is 5.91 Å². The third-order valence-electron chi connectivity index (χ3n) is 3.64. The quantitative estimate of drug-likeness (QED) is 0.856. The lowest BCUT2D eigenvalue weighted by Crippen LogP contribution is -2.35. The summed E-state index contributed by atoms with van der Waals surface area (Å²) in [6.45, 7) is 4.21. The maximum absolute atomic E-state index is 12.0. The molecule has 3 nitrogen and oxygen atoms in total. The zero-order chi connectivity index (χ0) is 15.9. The molecule has 0 spiro atoms. The molecule has 0 aromatic heterocycles. The van der Waals surface area contributed by atoms with Gasteiger partial charge in [-0.25, -0.2) is 0 Å². The fourth-order valence-corrected chi connectivity index (χ4v) is 2.63. The second-order valence-electron chi connectivity index (χ2n) is 5.85. The number of nitrogens with one attached hydrogen (secondary N) is 1. The molecule has 0 saturated heterocycles. The van der Waals surface area contributed by atoms with E-state index in [4.69, 9.17) is 5.73 Å². The Kier molecular flexibility index (Phi) is 5.73. The molecular formula is C19H24N2O. The first-order chi connectivity index (χ1) is 10.5. The van der Waals surface area contributed by atoms with E-state index in [1.54, 1.807) is 0 Å². The molecule has 1 amide bonds. The van der Waals surface area contributed by atoms with Crippen molar-refractivity contribution >= 4 is 11.6 Å².